The molecule has 14 heavy (non-hydrogen) atoms. The summed E-state index contributed by atoms with van der Waals surface area (Å²) in [4.78, 5) is 21.6. The molecule has 0 aromatic carbocycles. The topological polar surface area (TPSA) is 81.4 Å². The van der Waals surface area contributed by atoms with Crippen molar-refractivity contribution in [1.29, 1.82) is 0 Å². The highest BCUT2D eigenvalue weighted by Crippen LogP contribution is 2.20. The third kappa shape index (κ3) is 2.45. The van der Waals surface area contributed by atoms with Crippen molar-refractivity contribution in [3.63, 3.8) is 0 Å². The fraction of sp³-hybridized carbons (Fsp3) is 0.778. The van der Waals surface area contributed by atoms with Crippen molar-refractivity contribution in [2.24, 2.45) is 11.7 Å². The van der Waals surface area contributed by atoms with Crippen molar-refractivity contribution >= 4 is 11.9 Å². The van der Waals surface area contributed by atoms with E-state index in [9.17, 15) is 9.59 Å². The Kier molecular flexibility index (Phi) is 3.46. The van der Waals surface area contributed by atoms with E-state index >= 15 is 0 Å². The van der Waals surface area contributed by atoms with Crippen molar-refractivity contribution in [3.8, 4) is 0 Å². The Morgan fingerprint density at radius 3 is 2.79 bits per heavy atom. The summed E-state index contributed by atoms with van der Waals surface area (Å²) < 4.78 is 4.78. The fourth-order valence-corrected chi connectivity index (χ4v) is 1.64. The molecule has 1 amide bonds. The number of carbonyl (C=O) groups excluding carboxylic acids is 2. The van der Waals surface area contributed by atoms with Gasteiger partial charge in [-0.3, -0.25) is 9.59 Å². The molecule has 1 aliphatic rings. The van der Waals surface area contributed by atoms with E-state index in [1.54, 1.807) is 0 Å². The normalized spacial score (nSPS) is 27.5. The molecule has 1 fully saturated rings. The SMILES string of the molecule is CC(=O)OCCC1NC(=O)C1C(C)N. The van der Waals surface area contributed by atoms with Crippen LogP contribution >= 0.6 is 0 Å². The summed E-state index contributed by atoms with van der Waals surface area (Å²) in [5.41, 5.74) is 5.64. The number of amides is 1. The first-order chi connectivity index (χ1) is 6.52. The van der Waals surface area contributed by atoms with Crippen LogP contribution in [0.1, 0.15) is 20.3 Å². The van der Waals surface area contributed by atoms with E-state index in [0.29, 0.717) is 13.0 Å². The van der Waals surface area contributed by atoms with Gasteiger partial charge in [-0.15, -0.1) is 0 Å². The summed E-state index contributed by atoms with van der Waals surface area (Å²) in [6.07, 6.45) is 0.636. The number of nitrogens with two attached hydrogens (primary N) is 1. The Morgan fingerprint density at radius 2 is 2.36 bits per heavy atom. The van der Waals surface area contributed by atoms with Crippen molar-refractivity contribution < 1.29 is 14.3 Å². The lowest BCUT2D eigenvalue weighted by atomic mass is 9.83. The van der Waals surface area contributed by atoms with Crippen molar-refractivity contribution in [2.75, 3.05) is 6.61 Å². The summed E-state index contributed by atoms with van der Waals surface area (Å²) >= 11 is 0. The first-order valence-electron chi connectivity index (χ1n) is 4.71. The predicted octanol–water partition coefficient (Wildman–Crippen LogP) is -0.599. The van der Waals surface area contributed by atoms with Gasteiger partial charge in [-0.1, -0.05) is 0 Å². The maximum Gasteiger partial charge on any atom is 0.302 e. The zero-order valence-corrected chi connectivity index (χ0v) is 8.45. The van der Waals surface area contributed by atoms with Gasteiger partial charge in [0.15, 0.2) is 0 Å². The van der Waals surface area contributed by atoms with Crippen LogP contribution in [0.2, 0.25) is 0 Å². The van der Waals surface area contributed by atoms with Gasteiger partial charge in [-0.2, -0.15) is 0 Å². The van der Waals surface area contributed by atoms with E-state index in [2.05, 4.69) is 5.32 Å². The lowest BCUT2D eigenvalue weighted by Crippen LogP contribution is -2.63. The molecule has 1 heterocycles. The molecule has 0 radical (unpaired) electrons. The molecule has 1 rings (SSSR count). The van der Waals surface area contributed by atoms with E-state index in [4.69, 9.17) is 10.5 Å². The Hall–Kier alpha value is -1.10. The zero-order valence-electron chi connectivity index (χ0n) is 8.45. The van der Waals surface area contributed by atoms with Gasteiger partial charge < -0.3 is 15.8 Å². The van der Waals surface area contributed by atoms with Crippen LogP contribution in [0.5, 0.6) is 0 Å². The highest BCUT2D eigenvalue weighted by molar-refractivity contribution is 5.86. The Labute approximate surface area is 83.0 Å². The van der Waals surface area contributed by atoms with Gasteiger partial charge in [-0.05, 0) is 6.92 Å². The summed E-state index contributed by atoms with van der Waals surface area (Å²) in [6.45, 7) is 3.51. The van der Waals surface area contributed by atoms with Crippen LogP contribution in [0.25, 0.3) is 0 Å². The predicted molar refractivity (Wildman–Crippen MR) is 50.3 cm³/mol. The Balaban J connectivity index is 2.26. The summed E-state index contributed by atoms with van der Waals surface area (Å²) in [6, 6.07) is -0.0899. The first-order valence-corrected chi connectivity index (χ1v) is 4.71. The largest absolute Gasteiger partial charge is 0.466 e. The highest BCUT2D eigenvalue weighted by Gasteiger charge is 2.41. The standard InChI is InChI=1S/C9H16N2O3/c1-5(10)8-7(11-9(8)13)3-4-14-6(2)12/h5,7-8H,3-4,10H2,1-2H3,(H,11,13). The quantitative estimate of drug-likeness (QED) is 0.469. The molecule has 0 aromatic rings. The van der Waals surface area contributed by atoms with E-state index in [1.165, 1.54) is 6.92 Å². The minimum Gasteiger partial charge on any atom is -0.466 e. The number of nitrogens with one attached hydrogen (secondary N) is 1. The molecule has 3 unspecified atom stereocenters. The van der Waals surface area contributed by atoms with Crippen LogP contribution in [-0.2, 0) is 14.3 Å². The lowest BCUT2D eigenvalue weighted by molar-refractivity contribution is -0.142. The number of hydrogen-bond donors (Lipinski definition) is 2. The third-order valence-electron chi connectivity index (χ3n) is 2.36. The van der Waals surface area contributed by atoms with Gasteiger partial charge >= 0.3 is 5.97 Å². The zero-order chi connectivity index (χ0) is 10.7. The van der Waals surface area contributed by atoms with Crippen LogP contribution in [0.4, 0.5) is 0 Å². The second-order valence-electron chi connectivity index (χ2n) is 3.63. The minimum atomic E-state index is -0.298. The van der Waals surface area contributed by atoms with Crippen LogP contribution in [0.3, 0.4) is 0 Å². The molecule has 0 bridgehead atoms. The summed E-state index contributed by atoms with van der Waals surface area (Å²) in [5.74, 6) is -0.439. The lowest BCUT2D eigenvalue weighted by Gasteiger charge is -2.38. The Bertz CT molecular complexity index is 240. The molecule has 1 aliphatic heterocycles. The van der Waals surface area contributed by atoms with Gasteiger partial charge in [0.25, 0.3) is 0 Å². The van der Waals surface area contributed by atoms with E-state index in [1.807, 2.05) is 6.92 Å². The maximum absolute atomic E-state index is 11.1. The molecular formula is C9H16N2O3. The van der Waals surface area contributed by atoms with Crippen LogP contribution in [-0.4, -0.2) is 30.6 Å². The molecule has 0 aliphatic carbocycles. The molecule has 5 heteroatoms. The maximum atomic E-state index is 11.1. The average Bonchev–Trinajstić information content (AvgIpc) is 2.00. The van der Waals surface area contributed by atoms with Crippen LogP contribution in [0.15, 0.2) is 0 Å². The number of carbonyl (C=O) groups is 2. The molecule has 5 nitrogen and oxygen atoms in total. The van der Waals surface area contributed by atoms with Gasteiger partial charge in [-0.25, -0.2) is 0 Å². The minimum absolute atomic E-state index is 0.00664. The van der Waals surface area contributed by atoms with Gasteiger partial charge in [0.2, 0.25) is 5.91 Å². The van der Waals surface area contributed by atoms with E-state index in [-0.39, 0.29) is 29.9 Å². The third-order valence-corrected chi connectivity index (χ3v) is 2.36. The molecule has 0 saturated carbocycles. The van der Waals surface area contributed by atoms with Crippen molar-refractivity contribution in [2.45, 2.75) is 32.4 Å². The summed E-state index contributed by atoms with van der Waals surface area (Å²) in [7, 11) is 0. The van der Waals surface area contributed by atoms with Gasteiger partial charge in [0.05, 0.1) is 12.5 Å². The molecular weight excluding hydrogens is 184 g/mol. The second kappa shape index (κ2) is 4.41. The van der Waals surface area contributed by atoms with Crippen molar-refractivity contribution in [3.05, 3.63) is 0 Å². The molecule has 0 spiro atoms. The molecule has 3 atom stereocenters. The number of esters is 1. The number of β-lactam (4-membered cyclic amide) rings is 1. The number of ether oxygens (including phenoxy) is 1. The molecule has 80 valence electrons. The van der Waals surface area contributed by atoms with Crippen molar-refractivity contribution in [1.82, 2.24) is 5.32 Å². The van der Waals surface area contributed by atoms with E-state index < -0.39 is 0 Å². The molecule has 1 saturated heterocycles. The molecule has 3 N–H and O–H groups in total. The summed E-state index contributed by atoms with van der Waals surface area (Å²) in [5, 5.41) is 2.74. The Morgan fingerprint density at radius 1 is 1.71 bits per heavy atom. The number of hydrogen-bond acceptors (Lipinski definition) is 4. The second-order valence-corrected chi connectivity index (χ2v) is 3.63. The van der Waals surface area contributed by atoms with Gasteiger partial charge in [0, 0.05) is 25.4 Å². The molecule has 0 aromatic heterocycles. The first kappa shape index (κ1) is 11.0. The fourth-order valence-electron chi connectivity index (χ4n) is 1.64. The number of rotatable bonds is 4. The van der Waals surface area contributed by atoms with E-state index in [0.717, 1.165) is 0 Å². The average molecular weight is 200 g/mol. The smallest absolute Gasteiger partial charge is 0.302 e. The van der Waals surface area contributed by atoms with Gasteiger partial charge in [0.1, 0.15) is 0 Å². The van der Waals surface area contributed by atoms with Crippen LogP contribution < -0.4 is 11.1 Å². The van der Waals surface area contributed by atoms with Crippen LogP contribution in [0, 0.1) is 5.92 Å². The monoisotopic (exact) mass is 200 g/mol. The highest BCUT2D eigenvalue weighted by atomic mass is 16.5.